The van der Waals surface area contributed by atoms with E-state index in [2.05, 4.69) is 102 Å². The number of nitrogens with zero attached hydrogens (tertiary/aromatic N) is 3. The SMILES string of the molecule is Cc1ccc2c(n1)CC(Cc1c[nH]c(=S)[nH]1)CC2.Cc1ccc2c(n1)CC(Cc1c[nH]c(=S)[nH]1)CC2.Cc1ccc2c(n1)CC(Cc1c[nH]c(=S)[nH]1)CC2. The first-order valence-corrected chi connectivity index (χ1v) is 20.5. The summed E-state index contributed by atoms with van der Waals surface area (Å²) in [7, 11) is 0. The maximum absolute atomic E-state index is 5.06. The molecule has 0 saturated carbocycles. The van der Waals surface area contributed by atoms with Crippen LogP contribution in [0.15, 0.2) is 55.0 Å². The van der Waals surface area contributed by atoms with Crippen molar-refractivity contribution in [3.8, 4) is 0 Å². The average Bonchev–Trinajstić information content (AvgIpc) is 3.88. The molecule has 3 aliphatic carbocycles. The van der Waals surface area contributed by atoms with Crippen LogP contribution in [0.3, 0.4) is 0 Å². The summed E-state index contributed by atoms with van der Waals surface area (Å²) >= 11 is 15.2. The van der Waals surface area contributed by atoms with Gasteiger partial charge >= 0.3 is 0 Å². The number of hydrogen-bond acceptors (Lipinski definition) is 6. The van der Waals surface area contributed by atoms with Crippen molar-refractivity contribution in [3.63, 3.8) is 0 Å². The molecule has 6 heterocycles. The van der Waals surface area contributed by atoms with Crippen molar-refractivity contribution in [1.29, 1.82) is 0 Å². The lowest BCUT2D eigenvalue weighted by atomic mass is 9.84. The molecule has 9 nitrogen and oxygen atoms in total. The molecule has 0 saturated heterocycles. The molecule has 6 aromatic heterocycles. The number of pyridine rings is 3. The molecule has 0 aliphatic heterocycles. The third-order valence-corrected chi connectivity index (χ3v) is 11.7. The first kappa shape index (κ1) is 38.0. The Labute approximate surface area is 332 Å². The summed E-state index contributed by atoms with van der Waals surface area (Å²) in [4.78, 5) is 32.7. The van der Waals surface area contributed by atoms with Crippen molar-refractivity contribution in [2.24, 2.45) is 17.8 Å². The number of H-pyrrole nitrogens is 6. The van der Waals surface area contributed by atoms with E-state index < -0.39 is 0 Å². The highest BCUT2D eigenvalue weighted by Gasteiger charge is 2.23. The van der Waals surface area contributed by atoms with Gasteiger partial charge in [0.15, 0.2) is 14.3 Å². The Kier molecular flexibility index (Phi) is 12.3. The van der Waals surface area contributed by atoms with E-state index in [4.69, 9.17) is 36.7 Å². The third kappa shape index (κ3) is 10.3. The molecule has 0 fully saturated rings. The number of aromatic amines is 6. The maximum Gasteiger partial charge on any atom is 0.174 e. The number of aromatic nitrogens is 9. The van der Waals surface area contributed by atoms with Gasteiger partial charge < -0.3 is 29.9 Å². The predicted molar refractivity (Wildman–Crippen MR) is 223 cm³/mol. The normalized spacial score (nSPS) is 18.6. The number of nitrogens with one attached hydrogen (secondary N) is 6. The second-order valence-corrected chi connectivity index (χ2v) is 16.6. The number of aryl methyl sites for hydroxylation is 6. The van der Waals surface area contributed by atoms with Gasteiger partial charge in [-0.05, 0) is 187 Å². The van der Waals surface area contributed by atoms with E-state index in [0.717, 1.165) is 89.2 Å². The van der Waals surface area contributed by atoms with Crippen molar-refractivity contribution in [3.05, 3.63) is 137 Å². The Hall–Kier alpha value is -4.26. The van der Waals surface area contributed by atoms with E-state index in [0.29, 0.717) is 17.8 Å². The van der Waals surface area contributed by atoms with Gasteiger partial charge in [0.05, 0.1) is 0 Å². The minimum Gasteiger partial charge on any atom is -0.337 e. The minimum atomic E-state index is 0.674. The average molecular weight is 778 g/mol. The van der Waals surface area contributed by atoms with Gasteiger partial charge in [-0.25, -0.2) is 0 Å². The van der Waals surface area contributed by atoms with Gasteiger partial charge in [0.2, 0.25) is 0 Å². The molecule has 6 N–H and O–H groups in total. The van der Waals surface area contributed by atoms with Crippen LogP contribution >= 0.6 is 36.7 Å². The topological polar surface area (TPSA) is 133 Å². The highest BCUT2D eigenvalue weighted by Crippen LogP contribution is 2.29. The van der Waals surface area contributed by atoms with E-state index in [1.54, 1.807) is 0 Å². The Morgan fingerprint density at radius 2 is 0.778 bits per heavy atom. The van der Waals surface area contributed by atoms with Crippen LogP contribution in [-0.2, 0) is 57.8 Å². The summed E-state index contributed by atoms with van der Waals surface area (Å²) in [6.07, 6.45) is 19.6. The van der Waals surface area contributed by atoms with Crippen LogP contribution in [0.25, 0.3) is 0 Å². The fourth-order valence-electron chi connectivity index (χ4n) is 8.23. The zero-order chi connectivity index (χ0) is 37.6. The molecule has 3 aliphatic rings. The monoisotopic (exact) mass is 777 g/mol. The Balaban J connectivity index is 0.000000125. The molecule has 3 atom stereocenters. The molecule has 54 heavy (non-hydrogen) atoms. The fraction of sp³-hybridized carbons (Fsp3) is 0.429. The Morgan fingerprint density at radius 3 is 1.04 bits per heavy atom. The Bertz CT molecular complexity index is 2100. The quantitative estimate of drug-likeness (QED) is 0.0935. The molecule has 12 heteroatoms. The van der Waals surface area contributed by atoms with Crippen molar-refractivity contribution in [1.82, 2.24) is 44.9 Å². The standard InChI is InChI=1S/3C14H17N3S/c3*1-9-2-4-11-5-3-10(7-13(11)16-9)6-12-8-15-14(18)17-12/h3*2,4,8,10H,3,5-7H2,1H3,(H2,15,17,18). The smallest absolute Gasteiger partial charge is 0.174 e. The minimum absolute atomic E-state index is 0.674. The summed E-state index contributed by atoms with van der Waals surface area (Å²) in [5.74, 6) is 2.02. The summed E-state index contributed by atoms with van der Waals surface area (Å²) in [6.45, 7) is 6.19. The highest BCUT2D eigenvalue weighted by atomic mass is 32.1. The van der Waals surface area contributed by atoms with E-state index in [1.807, 2.05) is 18.6 Å². The lowest BCUT2D eigenvalue weighted by Gasteiger charge is -2.23. The lowest BCUT2D eigenvalue weighted by molar-refractivity contribution is 0.444. The molecule has 9 rings (SSSR count). The van der Waals surface area contributed by atoms with Crippen LogP contribution in [0.4, 0.5) is 0 Å². The van der Waals surface area contributed by atoms with Gasteiger partial charge in [-0.15, -0.1) is 0 Å². The maximum atomic E-state index is 5.06. The van der Waals surface area contributed by atoms with Crippen molar-refractivity contribution in [2.75, 3.05) is 0 Å². The first-order chi connectivity index (χ1) is 26.1. The zero-order valence-electron chi connectivity index (χ0n) is 31.5. The zero-order valence-corrected chi connectivity index (χ0v) is 33.9. The van der Waals surface area contributed by atoms with Crippen LogP contribution < -0.4 is 0 Å². The molecule has 282 valence electrons. The van der Waals surface area contributed by atoms with Gasteiger partial charge in [0.25, 0.3) is 0 Å². The summed E-state index contributed by atoms with van der Waals surface area (Å²) in [5, 5.41) is 0. The second kappa shape index (κ2) is 17.5. The summed E-state index contributed by atoms with van der Waals surface area (Å²) in [6, 6.07) is 13.0. The molecule has 0 amide bonds. The molecule has 0 aromatic carbocycles. The molecular formula is C42H51N9S3. The van der Waals surface area contributed by atoms with Crippen LogP contribution in [-0.4, -0.2) is 44.9 Å². The van der Waals surface area contributed by atoms with Crippen LogP contribution in [0.2, 0.25) is 0 Å². The molecule has 3 unspecified atom stereocenters. The van der Waals surface area contributed by atoms with E-state index >= 15 is 0 Å². The van der Waals surface area contributed by atoms with Crippen molar-refractivity contribution in [2.45, 2.75) is 97.8 Å². The molecule has 6 aromatic rings. The van der Waals surface area contributed by atoms with E-state index in [9.17, 15) is 0 Å². The van der Waals surface area contributed by atoms with Crippen molar-refractivity contribution >= 4 is 36.7 Å². The summed E-state index contributed by atoms with van der Waals surface area (Å²) in [5.41, 5.74) is 15.2. The predicted octanol–water partition coefficient (Wildman–Crippen LogP) is 9.37. The van der Waals surface area contributed by atoms with E-state index in [1.165, 1.54) is 70.1 Å². The fourth-order valence-corrected chi connectivity index (χ4v) is 8.80. The second-order valence-electron chi connectivity index (χ2n) is 15.4. The molecule has 0 bridgehead atoms. The lowest BCUT2D eigenvalue weighted by Crippen LogP contribution is -2.18. The van der Waals surface area contributed by atoms with Crippen molar-refractivity contribution < 1.29 is 0 Å². The van der Waals surface area contributed by atoms with Gasteiger partial charge in [-0.3, -0.25) is 15.0 Å². The van der Waals surface area contributed by atoms with E-state index in [-0.39, 0.29) is 0 Å². The Morgan fingerprint density at radius 1 is 0.481 bits per heavy atom. The largest absolute Gasteiger partial charge is 0.337 e. The van der Waals surface area contributed by atoms with Gasteiger partial charge in [0, 0.05) is 69.8 Å². The van der Waals surface area contributed by atoms with Gasteiger partial charge in [0.1, 0.15) is 0 Å². The summed E-state index contributed by atoms with van der Waals surface area (Å²) < 4.78 is 2.15. The van der Waals surface area contributed by atoms with Crippen LogP contribution in [0, 0.1) is 52.8 Å². The number of hydrogen-bond donors (Lipinski definition) is 6. The van der Waals surface area contributed by atoms with Gasteiger partial charge in [-0.2, -0.15) is 0 Å². The molecule has 0 radical (unpaired) electrons. The van der Waals surface area contributed by atoms with Gasteiger partial charge in [-0.1, -0.05) is 18.2 Å². The van der Waals surface area contributed by atoms with Crippen LogP contribution in [0.1, 0.15) is 87.2 Å². The number of imidazole rings is 3. The molecule has 0 spiro atoms. The number of rotatable bonds is 6. The third-order valence-electron chi connectivity index (χ3n) is 11.0. The number of fused-ring (bicyclic) bond motifs is 3. The molecular weight excluding hydrogens is 727 g/mol. The first-order valence-electron chi connectivity index (χ1n) is 19.3. The highest BCUT2D eigenvalue weighted by molar-refractivity contribution is 7.71. The van der Waals surface area contributed by atoms with Crippen LogP contribution in [0.5, 0.6) is 0 Å².